The molecule has 0 aliphatic heterocycles. The summed E-state index contributed by atoms with van der Waals surface area (Å²) in [4.78, 5) is 23.7. The number of nitrogens with zero attached hydrogens (tertiary/aromatic N) is 1. The molecule has 1 aromatic rings. The van der Waals surface area contributed by atoms with Crippen molar-refractivity contribution in [2.75, 3.05) is 19.8 Å². The van der Waals surface area contributed by atoms with Crippen molar-refractivity contribution in [1.82, 2.24) is 5.32 Å². The highest BCUT2D eigenvalue weighted by Gasteiger charge is 2.07. The predicted octanol–water partition coefficient (Wildman–Crippen LogP) is 7.51. The molecule has 1 aromatic heterocycles. The van der Waals surface area contributed by atoms with E-state index in [0.717, 1.165) is 38.6 Å². The molecule has 1 heterocycles. The van der Waals surface area contributed by atoms with Crippen LogP contribution in [0.25, 0.3) is 0 Å². The summed E-state index contributed by atoms with van der Waals surface area (Å²) < 4.78 is 12.5. The van der Waals surface area contributed by atoms with Crippen LogP contribution in [0.2, 0.25) is 0 Å². The summed E-state index contributed by atoms with van der Waals surface area (Å²) in [7, 11) is 0. The lowest BCUT2D eigenvalue weighted by atomic mass is 10.0. The zero-order valence-corrected chi connectivity index (χ0v) is 23.6. The highest BCUT2D eigenvalue weighted by atomic mass is 32.1. The molecular weight excluding hydrogens is 472 g/mol. The molecule has 0 saturated carbocycles. The van der Waals surface area contributed by atoms with E-state index in [9.17, 15) is 9.59 Å². The van der Waals surface area contributed by atoms with Crippen LogP contribution in [0.1, 0.15) is 116 Å². The normalized spacial score (nSPS) is 10.8. The van der Waals surface area contributed by atoms with E-state index < -0.39 is 6.09 Å². The zero-order chi connectivity index (χ0) is 26.1. The molecule has 206 valence electrons. The molecular formula is C29H51N2O4S+. The summed E-state index contributed by atoms with van der Waals surface area (Å²) in [6.45, 7) is 7.86. The van der Waals surface area contributed by atoms with Crippen LogP contribution in [0.3, 0.4) is 0 Å². The second-order valence-corrected chi connectivity index (χ2v) is 10.5. The van der Waals surface area contributed by atoms with Gasteiger partial charge in [0.15, 0.2) is 6.20 Å². The first-order chi connectivity index (χ1) is 17.6. The van der Waals surface area contributed by atoms with Crippen LogP contribution in [-0.2, 0) is 20.8 Å². The Morgan fingerprint density at radius 2 is 1.39 bits per heavy atom. The van der Waals surface area contributed by atoms with E-state index in [-0.39, 0.29) is 19.2 Å². The van der Waals surface area contributed by atoms with Crippen LogP contribution in [0, 0.1) is 0 Å². The van der Waals surface area contributed by atoms with E-state index in [0.29, 0.717) is 18.5 Å². The Bertz CT molecular complexity index is 679. The fourth-order valence-electron chi connectivity index (χ4n) is 3.98. The number of esters is 1. The van der Waals surface area contributed by atoms with E-state index in [1.165, 1.54) is 70.6 Å². The number of carbonyl (C=O) groups excluding carboxylic acids is 2. The van der Waals surface area contributed by atoms with Gasteiger partial charge in [0.25, 0.3) is 0 Å². The molecule has 1 N–H and O–H groups in total. The minimum absolute atomic E-state index is 0.0651. The summed E-state index contributed by atoms with van der Waals surface area (Å²) in [5, 5.41) is 4.84. The molecule has 1 rings (SSSR count). The molecule has 0 spiro atoms. The van der Waals surface area contributed by atoms with Gasteiger partial charge in [0.05, 0.1) is 5.38 Å². The lowest BCUT2D eigenvalue weighted by Gasteiger charge is -2.10. The number of aryl methyl sites for hydroxylation is 1. The third kappa shape index (κ3) is 20.3. The maximum atomic E-state index is 11.8. The molecule has 0 saturated heterocycles. The van der Waals surface area contributed by atoms with Crippen molar-refractivity contribution < 1.29 is 23.6 Å². The van der Waals surface area contributed by atoms with E-state index in [1.54, 1.807) is 11.3 Å². The van der Waals surface area contributed by atoms with E-state index >= 15 is 0 Å². The fourth-order valence-corrected chi connectivity index (χ4v) is 4.61. The molecule has 0 aliphatic rings. The minimum atomic E-state index is -0.440. The van der Waals surface area contributed by atoms with Crippen molar-refractivity contribution in [1.29, 1.82) is 0 Å². The van der Waals surface area contributed by atoms with Gasteiger partial charge in [0.2, 0.25) is 5.51 Å². The number of ether oxygens (including phenoxy) is 2. The molecule has 0 atom stereocenters. The van der Waals surface area contributed by atoms with Crippen LogP contribution in [0.15, 0.2) is 29.2 Å². The number of hydrogen-bond acceptors (Lipinski definition) is 5. The van der Waals surface area contributed by atoms with Gasteiger partial charge in [-0.1, -0.05) is 102 Å². The van der Waals surface area contributed by atoms with Gasteiger partial charge in [0.1, 0.15) is 19.8 Å². The number of alkyl carbamates (subject to hydrolysis) is 1. The van der Waals surface area contributed by atoms with Crippen LogP contribution in [0.5, 0.6) is 0 Å². The van der Waals surface area contributed by atoms with Crippen LogP contribution >= 0.6 is 11.3 Å². The molecule has 0 unspecified atom stereocenters. The Morgan fingerprint density at radius 3 is 2.00 bits per heavy atom. The van der Waals surface area contributed by atoms with Gasteiger partial charge < -0.3 is 14.8 Å². The largest absolute Gasteiger partial charge is 0.461 e. The van der Waals surface area contributed by atoms with Crippen LogP contribution in [0.4, 0.5) is 4.79 Å². The molecule has 0 radical (unpaired) electrons. The summed E-state index contributed by atoms with van der Waals surface area (Å²) in [5.41, 5.74) is 2.66. The van der Waals surface area contributed by atoms with Gasteiger partial charge in [-0.25, -0.2) is 4.79 Å². The second-order valence-electron chi connectivity index (χ2n) is 9.73. The first kappa shape index (κ1) is 32.1. The molecule has 0 fully saturated rings. The highest BCUT2D eigenvalue weighted by molar-refractivity contribution is 7.07. The van der Waals surface area contributed by atoms with Gasteiger partial charge >= 0.3 is 12.1 Å². The first-order valence-corrected chi connectivity index (χ1v) is 15.2. The number of thiazole rings is 1. The van der Waals surface area contributed by atoms with Gasteiger partial charge in [-0.2, -0.15) is 4.57 Å². The number of rotatable bonds is 24. The SMILES string of the molecule is C=C(COC(=O)CCCCC[n+]1ccsc1)COC(=O)NCCCCCCCCCCCCCCC. The lowest BCUT2D eigenvalue weighted by molar-refractivity contribution is -0.692. The van der Waals surface area contributed by atoms with Crippen molar-refractivity contribution in [3.05, 3.63) is 29.2 Å². The molecule has 6 nitrogen and oxygen atoms in total. The van der Waals surface area contributed by atoms with Gasteiger partial charge in [-0.05, 0) is 24.8 Å². The molecule has 0 aromatic carbocycles. The number of amides is 1. The summed E-state index contributed by atoms with van der Waals surface area (Å²) in [6.07, 6.45) is 21.8. The highest BCUT2D eigenvalue weighted by Crippen LogP contribution is 2.12. The molecule has 0 bridgehead atoms. The number of nitrogens with one attached hydrogen (secondary N) is 1. The maximum absolute atomic E-state index is 11.8. The topological polar surface area (TPSA) is 68.5 Å². The summed E-state index contributed by atoms with van der Waals surface area (Å²) in [5.74, 6) is -0.230. The Balaban J connectivity index is 1.83. The third-order valence-corrected chi connectivity index (χ3v) is 6.89. The van der Waals surface area contributed by atoms with E-state index in [1.807, 2.05) is 0 Å². The van der Waals surface area contributed by atoms with Crippen molar-refractivity contribution in [3.8, 4) is 0 Å². The maximum Gasteiger partial charge on any atom is 0.407 e. The Labute approximate surface area is 223 Å². The number of carbonyl (C=O) groups is 2. The van der Waals surface area contributed by atoms with Gasteiger partial charge in [-0.3, -0.25) is 4.79 Å². The van der Waals surface area contributed by atoms with Gasteiger partial charge in [0, 0.05) is 19.4 Å². The second kappa shape index (κ2) is 23.5. The first-order valence-electron chi connectivity index (χ1n) is 14.3. The summed E-state index contributed by atoms with van der Waals surface area (Å²) in [6, 6.07) is 0. The monoisotopic (exact) mass is 523 g/mol. The molecule has 7 heteroatoms. The zero-order valence-electron chi connectivity index (χ0n) is 22.8. The standard InChI is InChI=1S/C29H50N2O4S/c1-3-4-5-6-7-8-9-10-11-12-13-14-17-20-30-29(33)35-25-27(2)24-34-28(32)19-16-15-18-21-31-22-23-36-26-31/h22-23,26H,2-21,24-25H2,1H3/p+1. The van der Waals surface area contributed by atoms with Crippen molar-refractivity contribution in [2.24, 2.45) is 0 Å². The molecule has 0 aliphatic carbocycles. The molecule has 1 amide bonds. The molecule has 36 heavy (non-hydrogen) atoms. The summed E-state index contributed by atoms with van der Waals surface area (Å²) >= 11 is 1.68. The minimum Gasteiger partial charge on any atom is -0.461 e. The Morgan fingerprint density at radius 1 is 0.806 bits per heavy atom. The Hall–Kier alpha value is -1.89. The average Bonchev–Trinajstić information content (AvgIpc) is 3.40. The third-order valence-electron chi connectivity index (χ3n) is 6.22. The predicted molar refractivity (Wildman–Crippen MR) is 148 cm³/mol. The average molecular weight is 524 g/mol. The quantitative estimate of drug-likeness (QED) is 0.0659. The van der Waals surface area contributed by atoms with Crippen molar-refractivity contribution >= 4 is 23.4 Å². The smallest absolute Gasteiger partial charge is 0.407 e. The number of hydrogen-bond donors (Lipinski definition) is 1. The van der Waals surface area contributed by atoms with E-state index in [2.05, 4.69) is 40.5 Å². The van der Waals surface area contributed by atoms with Crippen LogP contribution in [-0.4, -0.2) is 31.8 Å². The Kier molecular flexibility index (Phi) is 21.0. The van der Waals surface area contributed by atoms with Crippen LogP contribution < -0.4 is 9.88 Å². The van der Waals surface area contributed by atoms with E-state index in [4.69, 9.17) is 9.47 Å². The number of aromatic nitrogens is 1. The van der Waals surface area contributed by atoms with Crippen molar-refractivity contribution in [2.45, 2.75) is 123 Å². The fraction of sp³-hybridized carbons (Fsp3) is 0.759. The number of unbranched alkanes of at least 4 members (excludes halogenated alkanes) is 14. The van der Waals surface area contributed by atoms with Crippen molar-refractivity contribution in [3.63, 3.8) is 0 Å². The van der Waals surface area contributed by atoms with Gasteiger partial charge in [-0.15, -0.1) is 0 Å². The lowest BCUT2D eigenvalue weighted by Crippen LogP contribution is -2.29.